The van der Waals surface area contributed by atoms with Gasteiger partial charge in [0.05, 0.1) is 32.6 Å². The summed E-state index contributed by atoms with van der Waals surface area (Å²) in [5.41, 5.74) is 2.32. The highest BCUT2D eigenvalue weighted by atomic mass is 19.1. The van der Waals surface area contributed by atoms with Gasteiger partial charge in [0, 0.05) is 30.4 Å². The quantitative estimate of drug-likeness (QED) is 0.507. The van der Waals surface area contributed by atoms with Crippen LogP contribution in [0.25, 0.3) is 22.0 Å². The summed E-state index contributed by atoms with van der Waals surface area (Å²) in [6.45, 7) is -0.919. The highest BCUT2D eigenvalue weighted by Crippen LogP contribution is 2.33. The van der Waals surface area contributed by atoms with Crippen LogP contribution in [0.4, 0.5) is 8.78 Å². The number of amides is 1. The van der Waals surface area contributed by atoms with Crippen molar-refractivity contribution in [2.75, 3.05) is 0 Å². The van der Waals surface area contributed by atoms with Crippen LogP contribution in [0.3, 0.4) is 0 Å². The number of fused-ring (bicyclic) bond motifs is 2. The molecule has 0 radical (unpaired) electrons. The summed E-state index contributed by atoms with van der Waals surface area (Å²) in [6, 6.07) is 9.02. The standard InChI is InChI=1S/C23H18F2N4O/c1-13-5-6-15(17-10-28(2)27-22(13)17)14-8-19(24)18(20(25)9-14)11-29-12-21-16(23(29)30)4-3-7-26-21/h3-10H,11-12H2,1-2H3/i12D2. The highest BCUT2D eigenvalue weighted by Gasteiger charge is 2.29. The molecule has 0 spiro atoms. The lowest BCUT2D eigenvalue weighted by molar-refractivity contribution is 0.0763. The molecule has 30 heavy (non-hydrogen) atoms. The van der Waals surface area contributed by atoms with Crippen molar-refractivity contribution in [2.24, 2.45) is 7.05 Å². The van der Waals surface area contributed by atoms with Gasteiger partial charge >= 0.3 is 0 Å². The summed E-state index contributed by atoms with van der Waals surface area (Å²) >= 11 is 0. The van der Waals surface area contributed by atoms with E-state index in [1.165, 1.54) is 30.5 Å². The summed E-state index contributed by atoms with van der Waals surface area (Å²) in [5.74, 6) is -2.37. The van der Waals surface area contributed by atoms with E-state index in [9.17, 15) is 4.79 Å². The Morgan fingerprint density at radius 3 is 2.67 bits per heavy atom. The summed E-state index contributed by atoms with van der Waals surface area (Å²) in [7, 11) is 1.78. The minimum atomic E-state index is -2.27. The predicted molar refractivity (Wildman–Crippen MR) is 109 cm³/mol. The molecule has 0 atom stereocenters. The lowest BCUT2D eigenvalue weighted by atomic mass is 9.98. The second-order valence-electron chi connectivity index (χ2n) is 7.32. The topological polar surface area (TPSA) is 51.0 Å². The molecule has 5 nitrogen and oxygen atoms in total. The average molecular weight is 406 g/mol. The van der Waals surface area contributed by atoms with Gasteiger partial charge in [0.15, 0.2) is 0 Å². The van der Waals surface area contributed by atoms with Gasteiger partial charge in [-0.05, 0) is 47.9 Å². The first-order valence-electron chi connectivity index (χ1n) is 10.4. The molecule has 7 heteroatoms. The second kappa shape index (κ2) is 6.73. The molecular weight excluding hydrogens is 386 g/mol. The van der Waals surface area contributed by atoms with Gasteiger partial charge in [0.2, 0.25) is 0 Å². The van der Waals surface area contributed by atoms with Crippen LogP contribution in [0, 0.1) is 18.6 Å². The van der Waals surface area contributed by atoms with Gasteiger partial charge in [-0.2, -0.15) is 5.10 Å². The number of benzene rings is 2. The van der Waals surface area contributed by atoms with Crippen molar-refractivity contribution in [3.8, 4) is 11.1 Å². The van der Waals surface area contributed by atoms with Crippen LogP contribution in [-0.4, -0.2) is 25.6 Å². The maximum absolute atomic E-state index is 15.1. The fraction of sp³-hybridized carbons (Fsp3) is 0.174. The molecule has 5 rings (SSSR count). The molecule has 0 N–H and O–H groups in total. The number of nitrogens with zero attached hydrogens (tertiary/aromatic N) is 4. The fourth-order valence-corrected chi connectivity index (χ4v) is 3.78. The Labute approximate surface area is 174 Å². The van der Waals surface area contributed by atoms with Crippen LogP contribution in [0.2, 0.25) is 0 Å². The molecule has 150 valence electrons. The molecule has 2 aromatic carbocycles. The van der Waals surface area contributed by atoms with Crippen molar-refractivity contribution in [3.05, 3.63) is 82.8 Å². The molecule has 0 saturated carbocycles. The fourth-order valence-electron chi connectivity index (χ4n) is 3.78. The van der Waals surface area contributed by atoms with Crippen LogP contribution in [0.15, 0.2) is 48.8 Å². The smallest absolute Gasteiger partial charge is 0.256 e. The van der Waals surface area contributed by atoms with E-state index in [0.29, 0.717) is 11.1 Å². The van der Waals surface area contributed by atoms with Crippen LogP contribution in [0.1, 0.15) is 29.9 Å². The maximum atomic E-state index is 15.1. The number of rotatable bonds is 3. The van der Waals surface area contributed by atoms with Gasteiger partial charge in [-0.25, -0.2) is 8.78 Å². The largest absolute Gasteiger partial charge is 0.328 e. The molecule has 4 aromatic rings. The van der Waals surface area contributed by atoms with Crippen molar-refractivity contribution in [1.82, 2.24) is 19.7 Å². The molecule has 1 amide bonds. The first-order chi connectivity index (χ1) is 15.2. The van der Waals surface area contributed by atoms with Gasteiger partial charge in [0.25, 0.3) is 5.91 Å². The second-order valence-corrected chi connectivity index (χ2v) is 7.32. The number of hydrogen-bond acceptors (Lipinski definition) is 3. The summed E-state index contributed by atoms with van der Waals surface area (Å²) < 4.78 is 48.4. The summed E-state index contributed by atoms with van der Waals surface area (Å²) in [6.07, 6.45) is 3.17. The van der Waals surface area contributed by atoms with E-state index in [-0.39, 0.29) is 16.8 Å². The SMILES string of the molecule is [2H]C1([2H])c2ncccc2C(=O)N1Cc1c(F)cc(-c2ccc(C)c3nn(C)cc23)cc1F. The number of aryl methyl sites for hydroxylation is 2. The van der Waals surface area contributed by atoms with Gasteiger partial charge < -0.3 is 4.90 Å². The van der Waals surface area contributed by atoms with Crippen molar-refractivity contribution in [2.45, 2.75) is 20.0 Å². The Hall–Kier alpha value is -3.61. The average Bonchev–Trinajstić information content (AvgIpc) is 3.22. The van der Waals surface area contributed by atoms with Crippen LogP contribution in [-0.2, 0) is 20.1 Å². The molecule has 0 saturated heterocycles. The van der Waals surface area contributed by atoms with E-state index in [2.05, 4.69) is 10.1 Å². The Morgan fingerprint density at radius 1 is 1.17 bits per heavy atom. The minimum absolute atomic E-state index is 0.0546. The minimum Gasteiger partial charge on any atom is -0.328 e. The maximum Gasteiger partial charge on any atom is 0.256 e. The summed E-state index contributed by atoms with van der Waals surface area (Å²) in [5, 5.41) is 5.18. The number of aromatic nitrogens is 3. The Bertz CT molecular complexity index is 1390. The Kier molecular flexibility index (Phi) is 3.64. The molecular formula is C23H18F2N4O. The third-order valence-corrected chi connectivity index (χ3v) is 5.28. The third-order valence-electron chi connectivity index (χ3n) is 5.28. The third kappa shape index (κ3) is 2.85. The lowest BCUT2D eigenvalue weighted by Gasteiger charge is -2.17. The van der Waals surface area contributed by atoms with E-state index >= 15 is 8.78 Å². The zero-order valence-electron chi connectivity index (χ0n) is 18.3. The molecule has 0 fully saturated rings. The summed E-state index contributed by atoms with van der Waals surface area (Å²) in [4.78, 5) is 17.5. The molecule has 0 unspecified atom stereocenters. The van der Waals surface area contributed by atoms with Crippen LogP contribution in [0.5, 0.6) is 0 Å². The van der Waals surface area contributed by atoms with Crippen molar-refractivity contribution in [1.29, 1.82) is 0 Å². The van der Waals surface area contributed by atoms with Crippen molar-refractivity contribution in [3.63, 3.8) is 0 Å². The first-order valence-corrected chi connectivity index (χ1v) is 9.37. The predicted octanol–water partition coefficient (Wildman–Crippen LogP) is 4.38. The molecule has 0 aliphatic carbocycles. The number of pyridine rings is 1. The Balaban J connectivity index is 1.55. The Morgan fingerprint density at radius 2 is 1.93 bits per heavy atom. The van der Waals surface area contributed by atoms with Crippen LogP contribution < -0.4 is 0 Å². The van der Waals surface area contributed by atoms with Gasteiger partial charge in [-0.1, -0.05) is 12.1 Å². The van der Waals surface area contributed by atoms with E-state index in [1.54, 1.807) is 24.0 Å². The molecule has 1 aliphatic rings. The zero-order valence-corrected chi connectivity index (χ0v) is 16.3. The lowest BCUT2D eigenvalue weighted by Crippen LogP contribution is -2.24. The normalized spacial score (nSPS) is 16.0. The first kappa shape index (κ1) is 16.2. The van der Waals surface area contributed by atoms with E-state index in [0.717, 1.165) is 21.4 Å². The van der Waals surface area contributed by atoms with E-state index in [4.69, 9.17) is 2.74 Å². The molecule has 2 aromatic heterocycles. The van der Waals surface area contributed by atoms with Gasteiger partial charge in [-0.3, -0.25) is 14.5 Å². The highest BCUT2D eigenvalue weighted by molar-refractivity contribution is 5.98. The number of hydrogen-bond donors (Lipinski definition) is 0. The molecule has 0 bridgehead atoms. The number of carbonyl (C=O) groups excluding carboxylic acids is 1. The zero-order chi connectivity index (χ0) is 22.8. The van der Waals surface area contributed by atoms with Gasteiger partial charge in [0.1, 0.15) is 11.6 Å². The molecule has 3 heterocycles. The molecule has 1 aliphatic heterocycles. The van der Waals surface area contributed by atoms with Gasteiger partial charge in [-0.15, -0.1) is 0 Å². The number of carbonyl (C=O) groups is 1. The van der Waals surface area contributed by atoms with Crippen molar-refractivity contribution >= 4 is 16.8 Å². The monoisotopic (exact) mass is 406 g/mol. The van der Waals surface area contributed by atoms with Crippen LogP contribution >= 0.6 is 0 Å². The van der Waals surface area contributed by atoms with Crippen molar-refractivity contribution < 1.29 is 16.3 Å². The van der Waals surface area contributed by atoms with E-state index in [1.807, 2.05) is 13.0 Å². The van der Waals surface area contributed by atoms with E-state index < -0.39 is 30.6 Å². The number of halogens is 2.